The zero-order valence-electron chi connectivity index (χ0n) is 6.87. The Morgan fingerprint density at radius 1 is 1.92 bits per heavy atom. The Morgan fingerprint density at radius 2 is 2.67 bits per heavy atom. The summed E-state index contributed by atoms with van der Waals surface area (Å²) in [6.07, 6.45) is 2.18. The third-order valence-corrected chi connectivity index (χ3v) is 1.61. The first-order valence-corrected chi connectivity index (χ1v) is 3.79. The van der Waals surface area contributed by atoms with Crippen LogP contribution in [0.15, 0.2) is 4.99 Å². The van der Waals surface area contributed by atoms with Crippen molar-refractivity contribution in [2.45, 2.75) is 13.3 Å². The van der Waals surface area contributed by atoms with Crippen LogP contribution in [0.5, 0.6) is 0 Å². The number of hydrogen-bond acceptors (Lipinski definition) is 4. The van der Waals surface area contributed by atoms with E-state index in [0.717, 1.165) is 0 Å². The van der Waals surface area contributed by atoms with Crippen LogP contribution in [0, 0.1) is 11.5 Å². The maximum absolute atomic E-state index is 11.2. The molecule has 1 aliphatic rings. The lowest BCUT2D eigenvalue weighted by atomic mass is 10.4. The number of hydrogen-bond donors (Lipinski definition) is 1. The van der Waals surface area contributed by atoms with Gasteiger partial charge in [0, 0.05) is 13.0 Å². The smallest absolute Gasteiger partial charge is 0.229 e. The number of guanidine groups is 1. The molecule has 0 bridgehead atoms. The van der Waals surface area contributed by atoms with Gasteiger partial charge in [-0.05, 0) is 0 Å². The monoisotopic (exact) mass is 166 g/mol. The fourth-order valence-electron chi connectivity index (χ4n) is 1.04. The van der Waals surface area contributed by atoms with E-state index in [1.54, 1.807) is 13.1 Å². The molecule has 0 radical (unpaired) electrons. The molecule has 0 saturated heterocycles. The number of aliphatic imine (C=N–C) groups is 1. The Kier molecular flexibility index (Phi) is 2.64. The van der Waals surface area contributed by atoms with E-state index in [9.17, 15) is 4.79 Å². The predicted octanol–water partition coefficient (Wildman–Crippen LogP) is -0.335. The molecule has 0 aromatic rings. The number of nitrogens with zero attached hydrogens (tertiary/aromatic N) is 3. The largest absolute Gasteiger partial charge is 0.280 e. The second kappa shape index (κ2) is 3.72. The maximum Gasteiger partial charge on any atom is 0.229 e. The van der Waals surface area contributed by atoms with Crippen molar-refractivity contribution in [3.63, 3.8) is 0 Å². The Morgan fingerprint density at radius 3 is 3.25 bits per heavy atom. The van der Waals surface area contributed by atoms with Gasteiger partial charge in [-0.25, -0.2) is 0 Å². The van der Waals surface area contributed by atoms with E-state index in [0.29, 0.717) is 25.5 Å². The van der Waals surface area contributed by atoms with Crippen LogP contribution in [0.4, 0.5) is 0 Å². The molecular formula is C7H10N4O. The van der Waals surface area contributed by atoms with E-state index in [1.165, 1.54) is 4.90 Å². The molecule has 1 heterocycles. The fourth-order valence-corrected chi connectivity index (χ4v) is 1.04. The van der Waals surface area contributed by atoms with Crippen molar-refractivity contribution in [2.75, 3.05) is 13.1 Å². The Balaban J connectivity index is 2.62. The summed E-state index contributed by atoms with van der Waals surface area (Å²) in [5.74, 6) is 0.373. The van der Waals surface area contributed by atoms with Crippen molar-refractivity contribution >= 4 is 11.9 Å². The Labute approximate surface area is 70.7 Å². The van der Waals surface area contributed by atoms with Gasteiger partial charge < -0.3 is 0 Å². The first-order valence-electron chi connectivity index (χ1n) is 3.79. The second-order valence-electron chi connectivity index (χ2n) is 2.34. The lowest BCUT2D eigenvalue weighted by molar-refractivity contribution is -0.126. The Hall–Kier alpha value is -1.57. The first kappa shape index (κ1) is 8.53. The molecule has 1 aliphatic heterocycles. The van der Waals surface area contributed by atoms with Crippen LogP contribution in [0.3, 0.4) is 0 Å². The minimum atomic E-state index is -0.00556. The second-order valence-corrected chi connectivity index (χ2v) is 2.34. The molecule has 1 amide bonds. The van der Waals surface area contributed by atoms with Gasteiger partial charge in [-0.15, -0.1) is 0 Å². The molecule has 1 rings (SSSR count). The van der Waals surface area contributed by atoms with Crippen LogP contribution in [0.1, 0.15) is 13.3 Å². The molecular weight excluding hydrogens is 156 g/mol. The predicted molar refractivity (Wildman–Crippen MR) is 43.1 cm³/mol. The molecule has 0 unspecified atom stereocenters. The van der Waals surface area contributed by atoms with E-state index in [2.05, 4.69) is 10.3 Å². The highest BCUT2D eigenvalue weighted by Crippen LogP contribution is 2.01. The highest BCUT2D eigenvalue weighted by atomic mass is 16.2. The van der Waals surface area contributed by atoms with Crippen molar-refractivity contribution in [1.29, 1.82) is 5.26 Å². The van der Waals surface area contributed by atoms with Crippen LogP contribution in [-0.2, 0) is 4.79 Å². The van der Waals surface area contributed by atoms with Gasteiger partial charge >= 0.3 is 0 Å². The summed E-state index contributed by atoms with van der Waals surface area (Å²) in [5, 5.41) is 10.7. The average molecular weight is 166 g/mol. The maximum atomic E-state index is 11.2. The fraction of sp³-hybridized carbons (Fsp3) is 0.571. The highest BCUT2D eigenvalue weighted by molar-refractivity contribution is 5.98. The van der Waals surface area contributed by atoms with Gasteiger partial charge in [0.05, 0.1) is 6.54 Å². The van der Waals surface area contributed by atoms with Crippen LogP contribution in [0.25, 0.3) is 0 Å². The highest BCUT2D eigenvalue weighted by Gasteiger charge is 2.21. The van der Waals surface area contributed by atoms with Crippen LogP contribution in [-0.4, -0.2) is 29.9 Å². The molecule has 0 aliphatic carbocycles. The molecule has 5 heteroatoms. The standard InChI is InChI=1S/C7H10N4O/c1-2-6(12)11-4-3-9-7(11)10-5-8/h2-4H2,1H3,(H,9,10). The van der Waals surface area contributed by atoms with E-state index in [-0.39, 0.29) is 5.91 Å². The third kappa shape index (κ3) is 1.53. The molecule has 0 aromatic heterocycles. The van der Waals surface area contributed by atoms with Crippen molar-refractivity contribution in [3.8, 4) is 6.19 Å². The SMILES string of the molecule is CCC(=O)N1CCN=C1NC#N. The number of nitriles is 1. The molecule has 0 atom stereocenters. The number of carbonyl (C=O) groups excluding carboxylic acids is 1. The van der Waals surface area contributed by atoms with Crippen LogP contribution >= 0.6 is 0 Å². The van der Waals surface area contributed by atoms with Crippen molar-refractivity contribution in [3.05, 3.63) is 0 Å². The van der Waals surface area contributed by atoms with Crippen molar-refractivity contribution in [1.82, 2.24) is 10.2 Å². The number of rotatable bonds is 1. The van der Waals surface area contributed by atoms with E-state index >= 15 is 0 Å². The molecule has 1 N–H and O–H groups in total. The van der Waals surface area contributed by atoms with Crippen LogP contribution in [0.2, 0.25) is 0 Å². The third-order valence-electron chi connectivity index (χ3n) is 1.61. The molecule has 0 spiro atoms. The Bertz CT molecular complexity index is 253. The zero-order valence-corrected chi connectivity index (χ0v) is 6.87. The summed E-state index contributed by atoms with van der Waals surface area (Å²) in [7, 11) is 0. The summed E-state index contributed by atoms with van der Waals surface area (Å²) < 4.78 is 0. The molecule has 64 valence electrons. The summed E-state index contributed by atoms with van der Waals surface area (Å²) in [6.45, 7) is 2.94. The van der Waals surface area contributed by atoms with Gasteiger partial charge in [0.25, 0.3) is 0 Å². The lowest BCUT2D eigenvalue weighted by Gasteiger charge is -2.14. The number of amides is 1. The van der Waals surface area contributed by atoms with Gasteiger partial charge in [0.1, 0.15) is 0 Å². The van der Waals surface area contributed by atoms with Crippen LogP contribution < -0.4 is 5.32 Å². The lowest BCUT2D eigenvalue weighted by Crippen LogP contribution is -2.40. The van der Waals surface area contributed by atoms with Crippen molar-refractivity contribution in [2.24, 2.45) is 4.99 Å². The normalized spacial score (nSPS) is 15.3. The molecule has 0 saturated carbocycles. The van der Waals surface area contributed by atoms with E-state index in [1.807, 2.05) is 0 Å². The van der Waals surface area contributed by atoms with Crippen molar-refractivity contribution < 1.29 is 4.79 Å². The quantitative estimate of drug-likeness (QED) is 0.428. The van der Waals surface area contributed by atoms with Gasteiger partial charge in [0.2, 0.25) is 11.9 Å². The number of carbonyl (C=O) groups is 1. The molecule has 0 aromatic carbocycles. The molecule has 12 heavy (non-hydrogen) atoms. The number of nitrogens with one attached hydrogen (secondary N) is 1. The minimum Gasteiger partial charge on any atom is -0.280 e. The first-order chi connectivity index (χ1) is 5.79. The van der Waals surface area contributed by atoms with Gasteiger partial charge in [-0.2, -0.15) is 5.26 Å². The topological polar surface area (TPSA) is 68.5 Å². The van der Waals surface area contributed by atoms with Gasteiger partial charge in [-0.1, -0.05) is 6.92 Å². The summed E-state index contributed by atoms with van der Waals surface area (Å²) in [5.41, 5.74) is 0. The van der Waals surface area contributed by atoms with E-state index < -0.39 is 0 Å². The minimum absolute atomic E-state index is 0.00556. The average Bonchev–Trinajstić information content (AvgIpc) is 2.52. The molecule has 0 fully saturated rings. The summed E-state index contributed by atoms with van der Waals surface area (Å²) >= 11 is 0. The van der Waals surface area contributed by atoms with Gasteiger partial charge in [0.15, 0.2) is 6.19 Å². The summed E-state index contributed by atoms with van der Waals surface area (Å²) in [4.78, 5) is 16.6. The zero-order chi connectivity index (χ0) is 8.97. The van der Waals surface area contributed by atoms with Gasteiger partial charge in [-0.3, -0.25) is 20.0 Å². The summed E-state index contributed by atoms with van der Waals surface area (Å²) in [6, 6.07) is 0. The van der Waals surface area contributed by atoms with E-state index in [4.69, 9.17) is 5.26 Å². The molecule has 5 nitrogen and oxygen atoms in total.